The maximum Gasteiger partial charge on any atom is 0.111 e. The van der Waals surface area contributed by atoms with Crippen LogP contribution >= 0.6 is 23.1 Å². The van der Waals surface area contributed by atoms with Crippen LogP contribution in [-0.2, 0) is 6.54 Å². The van der Waals surface area contributed by atoms with E-state index in [1.807, 2.05) is 11.3 Å². The minimum Gasteiger partial charge on any atom is -0.312 e. The molecular weight excluding hydrogens is 286 g/mol. The smallest absolute Gasteiger partial charge is 0.111 e. The van der Waals surface area contributed by atoms with Gasteiger partial charge in [-0.3, -0.25) is 4.90 Å². The van der Waals surface area contributed by atoms with Gasteiger partial charge in [-0.1, -0.05) is 6.92 Å². The topological polar surface area (TPSA) is 28.2 Å². The monoisotopic (exact) mass is 311 g/mol. The highest BCUT2D eigenvalue weighted by Crippen LogP contribution is 2.44. The van der Waals surface area contributed by atoms with Gasteiger partial charge >= 0.3 is 0 Å². The van der Waals surface area contributed by atoms with Crippen LogP contribution in [0.3, 0.4) is 0 Å². The Hall–Kier alpha value is -0.100. The SMILES string of the molecule is CCCNCc1sc(C2CSCCN2C)nc1C1CC1. The van der Waals surface area contributed by atoms with Crippen molar-refractivity contribution >= 4 is 23.1 Å². The van der Waals surface area contributed by atoms with E-state index in [0.29, 0.717) is 6.04 Å². The summed E-state index contributed by atoms with van der Waals surface area (Å²) in [6.45, 7) is 5.54. The van der Waals surface area contributed by atoms with Gasteiger partial charge in [-0.15, -0.1) is 11.3 Å². The van der Waals surface area contributed by atoms with Gasteiger partial charge in [0.05, 0.1) is 11.7 Å². The predicted molar refractivity (Wildman–Crippen MR) is 88.8 cm³/mol. The maximum atomic E-state index is 5.05. The van der Waals surface area contributed by atoms with E-state index in [9.17, 15) is 0 Å². The molecule has 3 rings (SSSR count). The molecule has 3 nitrogen and oxygen atoms in total. The molecule has 1 unspecified atom stereocenters. The molecule has 1 aromatic rings. The molecule has 0 bridgehead atoms. The number of thiazole rings is 1. The lowest BCUT2D eigenvalue weighted by molar-refractivity contribution is 0.274. The van der Waals surface area contributed by atoms with Crippen LogP contribution in [0.4, 0.5) is 0 Å². The molecule has 0 amide bonds. The van der Waals surface area contributed by atoms with Crippen molar-refractivity contribution in [3.8, 4) is 0 Å². The molecule has 1 aliphatic carbocycles. The summed E-state index contributed by atoms with van der Waals surface area (Å²) in [4.78, 5) is 9.03. The van der Waals surface area contributed by atoms with Crippen LogP contribution in [0, 0.1) is 0 Å². The van der Waals surface area contributed by atoms with Crippen molar-refractivity contribution in [2.45, 2.75) is 44.7 Å². The van der Waals surface area contributed by atoms with Crippen LogP contribution in [0.25, 0.3) is 0 Å². The van der Waals surface area contributed by atoms with Gasteiger partial charge in [-0.25, -0.2) is 4.98 Å². The van der Waals surface area contributed by atoms with Crippen molar-refractivity contribution in [2.24, 2.45) is 0 Å². The van der Waals surface area contributed by atoms with Crippen molar-refractivity contribution in [1.82, 2.24) is 15.2 Å². The highest BCUT2D eigenvalue weighted by atomic mass is 32.2. The number of hydrogen-bond acceptors (Lipinski definition) is 5. The van der Waals surface area contributed by atoms with Crippen LogP contribution in [0.15, 0.2) is 0 Å². The molecule has 2 aliphatic rings. The molecule has 2 heterocycles. The zero-order valence-electron chi connectivity index (χ0n) is 12.5. The summed E-state index contributed by atoms with van der Waals surface area (Å²) in [6.07, 6.45) is 3.89. The first-order chi connectivity index (χ1) is 9.79. The number of thioether (sulfide) groups is 1. The Labute approximate surface area is 130 Å². The highest BCUT2D eigenvalue weighted by Gasteiger charge is 2.32. The largest absolute Gasteiger partial charge is 0.312 e. The third-order valence-electron chi connectivity index (χ3n) is 4.10. The van der Waals surface area contributed by atoms with Crippen molar-refractivity contribution < 1.29 is 0 Å². The maximum absolute atomic E-state index is 5.05. The van der Waals surface area contributed by atoms with Crippen LogP contribution in [0.2, 0.25) is 0 Å². The average Bonchev–Trinajstić information content (AvgIpc) is 3.21. The number of hydrogen-bond donors (Lipinski definition) is 1. The summed E-state index contributed by atoms with van der Waals surface area (Å²) in [5.74, 6) is 3.23. The first-order valence-electron chi connectivity index (χ1n) is 7.77. The third kappa shape index (κ3) is 3.38. The second-order valence-corrected chi connectivity index (χ2v) is 8.15. The molecule has 112 valence electrons. The minimum absolute atomic E-state index is 0.538. The van der Waals surface area contributed by atoms with Crippen molar-refractivity contribution in [3.63, 3.8) is 0 Å². The van der Waals surface area contributed by atoms with Gasteiger partial charge in [-0.2, -0.15) is 11.8 Å². The van der Waals surface area contributed by atoms with Crippen LogP contribution in [-0.4, -0.2) is 41.5 Å². The number of aromatic nitrogens is 1. The summed E-state index contributed by atoms with van der Waals surface area (Å²) < 4.78 is 0. The average molecular weight is 312 g/mol. The third-order valence-corrected chi connectivity index (χ3v) is 6.30. The molecule has 0 spiro atoms. The molecule has 1 aromatic heterocycles. The fourth-order valence-electron chi connectivity index (χ4n) is 2.65. The fourth-order valence-corrected chi connectivity index (χ4v) is 5.26. The van der Waals surface area contributed by atoms with Crippen molar-refractivity contribution in [1.29, 1.82) is 0 Å². The van der Waals surface area contributed by atoms with Gasteiger partial charge in [0.25, 0.3) is 0 Å². The molecule has 1 N–H and O–H groups in total. The second-order valence-electron chi connectivity index (χ2n) is 5.88. The summed E-state index contributed by atoms with van der Waals surface area (Å²) in [6, 6.07) is 0.538. The summed E-state index contributed by atoms with van der Waals surface area (Å²) in [5.41, 5.74) is 1.41. The Morgan fingerprint density at radius 2 is 2.25 bits per heavy atom. The molecule has 1 aliphatic heterocycles. The fraction of sp³-hybridized carbons (Fsp3) is 0.800. The van der Waals surface area contributed by atoms with E-state index in [4.69, 9.17) is 4.98 Å². The molecule has 0 aromatic carbocycles. The zero-order chi connectivity index (χ0) is 13.9. The zero-order valence-corrected chi connectivity index (χ0v) is 14.2. The van der Waals surface area contributed by atoms with Crippen molar-refractivity contribution in [2.75, 3.05) is 31.6 Å². The predicted octanol–water partition coefficient (Wildman–Crippen LogP) is 3.24. The van der Waals surface area contributed by atoms with E-state index < -0.39 is 0 Å². The van der Waals surface area contributed by atoms with E-state index in [2.05, 4.69) is 35.9 Å². The van der Waals surface area contributed by atoms with Gasteiger partial charge in [0, 0.05) is 35.4 Å². The van der Waals surface area contributed by atoms with E-state index in [0.717, 1.165) is 19.0 Å². The van der Waals surface area contributed by atoms with Crippen molar-refractivity contribution in [3.05, 3.63) is 15.6 Å². The Kier molecular flexibility index (Phi) is 5.02. The molecule has 1 saturated carbocycles. The standard InChI is InChI=1S/C15H25N3S2/c1-3-6-16-9-13-14(11-4-5-11)17-15(20-13)12-10-19-8-7-18(12)2/h11-12,16H,3-10H2,1-2H3. The molecule has 5 heteroatoms. The Balaban J connectivity index is 1.75. The quantitative estimate of drug-likeness (QED) is 0.816. The van der Waals surface area contributed by atoms with Gasteiger partial charge in [-0.05, 0) is 32.9 Å². The van der Waals surface area contributed by atoms with Crippen LogP contribution in [0.5, 0.6) is 0 Å². The molecule has 20 heavy (non-hydrogen) atoms. The Morgan fingerprint density at radius 3 is 2.95 bits per heavy atom. The first-order valence-corrected chi connectivity index (χ1v) is 9.75. The number of nitrogens with zero attached hydrogens (tertiary/aromatic N) is 2. The normalized spacial score (nSPS) is 24.2. The minimum atomic E-state index is 0.538. The molecule has 1 atom stereocenters. The Bertz CT molecular complexity index is 442. The summed E-state index contributed by atoms with van der Waals surface area (Å²) in [5, 5.41) is 4.91. The molecular formula is C15H25N3S2. The summed E-state index contributed by atoms with van der Waals surface area (Å²) >= 11 is 4.03. The van der Waals surface area contributed by atoms with E-state index in [-0.39, 0.29) is 0 Å². The first kappa shape index (κ1) is 14.8. The molecule has 0 radical (unpaired) electrons. The second kappa shape index (κ2) is 6.77. The lowest BCUT2D eigenvalue weighted by Crippen LogP contribution is -2.32. The van der Waals surface area contributed by atoms with E-state index in [1.165, 1.54) is 52.9 Å². The number of rotatable bonds is 6. The Morgan fingerprint density at radius 1 is 1.40 bits per heavy atom. The van der Waals surface area contributed by atoms with Gasteiger partial charge in [0.15, 0.2) is 0 Å². The number of nitrogens with one attached hydrogen (secondary N) is 1. The van der Waals surface area contributed by atoms with Gasteiger partial charge < -0.3 is 5.32 Å². The van der Waals surface area contributed by atoms with Crippen LogP contribution < -0.4 is 5.32 Å². The van der Waals surface area contributed by atoms with Gasteiger partial charge in [0.1, 0.15) is 5.01 Å². The molecule has 2 fully saturated rings. The van der Waals surface area contributed by atoms with E-state index >= 15 is 0 Å². The van der Waals surface area contributed by atoms with E-state index in [1.54, 1.807) is 0 Å². The van der Waals surface area contributed by atoms with Gasteiger partial charge in [0.2, 0.25) is 0 Å². The lowest BCUT2D eigenvalue weighted by Gasteiger charge is -2.30. The molecule has 1 saturated heterocycles. The highest BCUT2D eigenvalue weighted by molar-refractivity contribution is 7.99. The summed E-state index contributed by atoms with van der Waals surface area (Å²) in [7, 11) is 2.25. The van der Waals surface area contributed by atoms with Crippen LogP contribution in [0.1, 0.15) is 53.7 Å². The lowest BCUT2D eigenvalue weighted by atomic mass is 10.2.